The number of carbonyl (C=O) groups is 1. The average molecular weight is 383 g/mol. The Hall–Kier alpha value is -1.65. The molecular weight excluding hydrogens is 352 g/mol. The van der Waals surface area contributed by atoms with Crippen molar-refractivity contribution in [2.75, 3.05) is 26.2 Å². The minimum Gasteiger partial charge on any atom is -0.338 e. The second-order valence-electron chi connectivity index (χ2n) is 7.92. The van der Waals surface area contributed by atoms with E-state index in [0.717, 1.165) is 55.9 Å². The van der Waals surface area contributed by atoms with Gasteiger partial charge in [-0.05, 0) is 86.4 Å². The van der Waals surface area contributed by atoms with E-state index in [0.29, 0.717) is 5.92 Å². The van der Waals surface area contributed by atoms with Crippen LogP contribution in [0.15, 0.2) is 24.3 Å². The number of benzene rings is 1. The molecule has 2 fully saturated rings. The molecule has 2 saturated heterocycles. The Bertz CT molecular complexity index is 814. The minimum absolute atomic E-state index is 0.227. The summed E-state index contributed by atoms with van der Waals surface area (Å²) in [5, 5.41) is 3.46. The summed E-state index contributed by atoms with van der Waals surface area (Å²) in [5.41, 5.74) is 5.33. The number of nitrogens with zero attached hydrogens (tertiary/aromatic N) is 1. The molecule has 4 rings (SSSR count). The Morgan fingerprint density at radius 3 is 2.63 bits per heavy atom. The smallest absolute Gasteiger partial charge is 0.264 e. The van der Waals surface area contributed by atoms with Crippen LogP contribution in [0.2, 0.25) is 0 Å². The van der Waals surface area contributed by atoms with Crippen molar-refractivity contribution in [3.8, 4) is 10.4 Å². The summed E-state index contributed by atoms with van der Waals surface area (Å²) in [6.07, 6.45) is 5.77. The van der Waals surface area contributed by atoms with E-state index in [4.69, 9.17) is 0 Å². The predicted molar refractivity (Wildman–Crippen MR) is 114 cm³/mol. The zero-order chi connectivity index (χ0) is 18.8. The SMILES string of the molecule is CCc1cc(C2CCNCC2)ccc1-c1cc(C)c(C(=O)N2CCCC2)s1. The molecule has 0 radical (unpaired) electrons. The lowest BCUT2D eigenvalue weighted by Gasteiger charge is -2.24. The number of hydrogen-bond donors (Lipinski definition) is 1. The van der Waals surface area contributed by atoms with Crippen LogP contribution in [-0.2, 0) is 6.42 Å². The van der Waals surface area contributed by atoms with Crippen molar-refractivity contribution in [1.29, 1.82) is 0 Å². The zero-order valence-corrected chi connectivity index (χ0v) is 17.3. The van der Waals surface area contributed by atoms with Crippen molar-refractivity contribution in [3.63, 3.8) is 0 Å². The van der Waals surface area contributed by atoms with Crippen LogP contribution in [0.5, 0.6) is 0 Å². The molecule has 0 atom stereocenters. The molecule has 0 bridgehead atoms. The van der Waals surface area contributed by atoms with Crippen LogP contribution in [0.1, 0.15) is 64.9 Å². The number of thiophene rings is 1. The first kappa shape index (κ1) is 18.7. The molecule has 0 saturated carbocycles. The van der Waals surface area contributed by atoms with Crippen LogP contribution < -0.4 is 5.32 Å². The standard InChI is InChI=1S/C23H30N2OS/c1-3-17-15-19(18-8-10-24-11-9-18)6-7-20(17)21-14-16(2)22(27-21)23(26)25-12-4-5-13-25/h6-7,14-15,18,24H,3-5,8-13H2,1-2H3. The van der Waals surface area contributed by atoms with Gasteiger partial charge in [-0.25, -0.2) is 0 Å². The summed E-state index contributed by atoms with van der Waals surface area (Å²) >= 11 is 1.68. The normalized spacial score (nSPS) is 18.2. The summed E-state index contributed by atoms with van der Waals surface area (Å²) in [4.78, 5) is 17.0. The molecule has 1 aromatic heterocycles. The Morgan fingerprint density at radius 1 is 1.19 bits per heavy atom. The van der Waals surface area contributed by atoms with Crippen molar-refractivity contribution in [1.82, 2.24) is 10.2 Å². The molecule has 2 aliphatic rings. The molecule has 4 heteroatoms. The van der Waals surface area contributed by atoms with E-state index < -0.39 is 0 Å². The van der Waals surface area contributed by atoms with Gasteiger partial charge < -0.3 is 10.2 Å². The third-order valence-corrected chi connectivity index (χ3v) is 7.35. The summed E-state index contributed by atoms with van der Waals surface area (Å²) in [5.74, 6) is 0.911. The van der Waals surface area contributed by atoms with E-state index in [-0.39, 0.29) is 5.91 Å². The molecule has 3 heterocycles. The third kappa shape index (κ3) is 3.83. The lowest BCUT2D eigenvalue weighted by atomic mass is 9.87. The number of rotatable bonds is 4. The number of carbonyl (C=O) groups excluding carboxylic acids is 1. The van der Waals surface area contributed by atoms with Crippen LogP contribution in [0.4, 0.5) is 0 Å². The van der Waals surface area contributed by atoms with Gasteiger partial charge in [0.15, 0.2) is 0 Å². The molecule has 0 unspecified atom stereocenters. The number of aryl methyl sites for hydroxylation is 2. The van der Waals surface area contributed by atoms with Crippen molar-refractivity contribution in [3.05, 3.63) is 45.8 Å². The van der Waals surface area contributed by atoms with Gasteiger partial charge in [0.2, 0.25) is 0 Å². The van der Waals surface area contributed by atoms with Crippen LogP contribution in [0, 0.1) is 6.92 Å². The first-order valence-corrected chi connectivity index (χ1v) is 11.2. The van der Waals surface area contributed by atoms with E-state index in [1.807, 2.05) is 4.90 Å². The second-order valence-corrected chi connectivity index (χ2v) is 8.97. The fraction of sp³-hybridized carbons (Fsp3) is 0.522. The second kappa shape index (κ2) is 8.15. The van der Waals surface area contributed by atoms with Gasteiger partial charge in [0.1, 0.15) is 0 Å². The Morgan fingerprint density at radius 2 is 1.93 bits per heavy atom. The molecule has 0 aliphatic carbocycles. The molecule has 0 spiro atoms. The Kier molecular flexibility index (Phi) is 5.65. The summed E-state index contributed by atoms with van der Waals surface area (Å²) in [7, 11) is 0. The highest BCUT2D eigenvalue weighted by atomic mass is 32.1. The average Bonchev–Trinajstić information content (AvgIpc) is 3.37. The lowest BCUT2D eigenvalue weighted by Crippen LogP contribution is -2.27. The highest BCUT2D eigenvalue weighted by Gasteiger charge is 2.24. The summed E-state index contributed by atoms with van der Waals surface area (Å²) < 4.78 is 0. The molecule has 1 amide bonds. The van der Waals surface area contributed by atoms with Crippen LogP contribution in [0.25, 0.3) is 10.4 Å². The fourth-order valence-corrected chi connectivity index (χ4v) is 5.65. The van der Waals surface area contributed by atoms with Gasteiger partial charge in [-0.2, -0.15) is 0 Å². The van der Waals surface area contributed by atoms with Crippen LogP contribution >= 0.6 is 11.3 Å². The summed E-state index contributed by atoms with van der Waals surface area (Å²) in [6, 6.07) is 9.25. The van der Waals surface area contributed by atoms with Crippen LogP contribution in [0.3, 0.4) is 0 Å². The maximum Gasteiger partial charge on any atom is 0.264 e. The summed E-state index contributed by atoms with van der Waals surface area (Å²) in [6.45, 7) is 8.40. The number of amides is 1. The first-order valence-electron chi connectivity index (χ1n) is 10.4. The molecule has 1 aromatic carbocycles. The zero-order valence-electron chi connectivity index (χ0n) is 16.5. The van der Waals surface area contributed by atoms with E-state index in [2.05, 4.69) is 43.4 Å². The van der Waals surface area contributed by atoms with Gasteiger partial charge in [0.25, 0.3) is 5.91 Å². The molecular formula is C23H30N2OS. The van der Waals surface area contributed by atoms with Gasteiger partial charge in [-0.3, -0.25) is 4.79 Å². The van der Waals surface area contributed by atoms with E-state index in [1.165, 1.54) is 34.4 Å². The van der Waals surface area contributed by atoms with Crippen molar-refractivity contribution in [2.24, 2.45) is 0 Å². The third-order valence-electron chi connectivity index (χ3n) is 6.09. The Labute approximate surface area is 166 Å². The minimum atomic E-state index is 0.227. The van der Waals surface area contributed by atoms with Crippen molar-refractivity contribution >= 4 is 17.2 Å². The lowest BCUT2D eigenvalue weighted by molar-refractivity contribution is 0.0797. The molecule has 1 N–H and O–H groups in total. The number of likely N-dealkylation sites (tertiary alicyclic amines) is 1. The molecule has 2 aliphatic heterocycles. The largest absolute Gasteiger partial charge is 0.338 e. The predicted octanol–water partition coefficient (Wildman–Crippen LogP) is 4.99. The highest BCUT2D eigenvalue weighted by Crippen LogP contribution is 2.37. The van der Waals surface area contributed by atoms with E-state index in [9.17, 15) is 4.79 Å². The number of nitrogens with one attached hydrogen (secondary N) is 1. The van der Waals surface area contributed by atoms with E-state index >= 15 is 0 Å². The number of hydrogen-bond acceptors (Lipinski definition) is 3. The van der Waals surface area contributed by atoms with Crippen molar-refractivity contribution in [2.45, 2.75) is 51.9 Å². The molecule has 144 valence electrons. The van der Waals surface area contributed by atoms with Gasteiger partial charge >= 0.3 is 0 Å². The highest BCUT2D eigenvalue weighted by molar-refractivity contribution is 7.17. The van der Waals surface area contributed by atoms with Crippen molar-refractivity contribution < 1.29 is 4.79 Å². The molecule has 27 heavy (non-hydrogen) atoms. The van der Waals surface area contributed by atoms with E-state index in [1.54, 1.807) is 11.3 Å². The van der Waals surface area contributed by atoms with Gasteiger partial charge in [-0.1, -0.05) is 25.1 Å². The van der Waals surface area contributed by atoms with Gasteiger partial charge in [0.05, 0.1) is 4.88 Å². The monoisotopic (exact) mass is 382 g/mol. The topological polar surface area (TPSA) is 32.3 Å². The maximum absolute atomic E-state index is 12.9. The van der Waals surface area contributed by atoms with Crippen LogP contribution in [-0.4, -0.2) is 37.0 Å². The van der Waals surface area contributed by atoms with Gasteiger partial charge in [0, 0.05) is 18.0 Å². The maximum atomic E-state index is 12.9. The molecule has 3 nitrogen and oxygen atoms in total. The molecule has 2 aromatic rings. The Balaban J connectivity index is 1.62. The number of piperidine rings is 1. The quantitative estimate of drug-likeness (QED) is 0.808. The first-order chi connectivity index (χ1) is 13.2. The fourth-order valence-electron chi connectivity index (χ4n) is 4.45. The van der Waals surface area contributed by atoms with Gasteiger partial charge in [-0.15, -0.1) is 11.3 Å².